The number of nitrogens with one attached hydrogen (secondary N) is 2. The summed E-state index contributed by atoms with van der Waals surface area (Å²) in [6.45, 7) is 4.26. The summed E-state index contributed by atoms with van der Waals surface area (Å²) in [7, 11) is 1.59. The van der Waals surface area contributed by atoms with Gasteiger partial charge in [0.2, 0.25) is 12.3 Å². The van der Waals surface area contributed by atoms with Crippen molar-refractivity contribution in [2.75, 3.05) is 7.11 Å². The lowest BCUT2D eigenvalue weighted by molar-refractivity contribution is -0.596. The lowest BCUT2D eigenvalue weighted by Gasteiger charge is -2.15. The third-order valence-corrected chi connectivity index (χ3v) is 5.88. The lowest BCUT2D eigenvalue weighted by Crippen LogP contribution is -2.42. The lowest BCUT2D eigenvalue weighted by atomic mass is 9.99. The fraction of sp³-hybridized carbons (Fsp3) is 0.222. The number of nitrogens with zero attached hydrogens (tertiary/aromatic N) is 1. The number of carbonyl (C=O) groups is 2. The Morgan fingerprint density at radius 1 is 1.03 bits per heavy atom. The van der Waals surface area contributed by atoms with Crippen LogP contribution in [0.1, 0.15) is 52.9 Å². The third-order valence-electron chi connectivity index (χ3n) is 5.88. The summed E-state index contributed by atoms with van der Waals surface area (Å²) in [6.07, 6.45) is 1.85. The van der Waals surface area contributed by atoms with Crippen molar-refractivity contribution in [3.63, 3.8) is 0 Å². The standard InChI is InChI=1S/C27H26FN3O3/c1-17(2)19-6-4-18(5-7-19)16-31-25(20-10-14-23(34-3)15-11-20)24(27(33)30-31)29-26(32)21-8-12-22(28)13-9-21/h4-17,24-25H,1-3H3,(H-,29,30,32,33)/p+1/b31-16-/t24-,25-/m1/s1. The van der Waals surface area contributed by atoms with Crippen LogP contribution in [-0.2, 0) is 4.79 Å². The normalized spacial score (nSPS) is 18.7. The van der Waals surface area contributed by atoms with E-state index >= 15 is 0 Å². The van der Waals surface area contributed by atoms with Crippen LogP contribution >= 0.6 is 0 Å². The van der Waals surface area contributed by atoms with Crippen LogP contribution < -0.4 is 15.5 Å². The first-order chi connectivity index (χ1) is 16.4. The van der Waals surface area contributed by atoms with E-state index in [2.05, 4.69) is 36.7 Å². The van der Waals surface area contributed by atoms with Gasteiger partial charge in [0, 0.05) is 16.7 Å². The second kappa shape index (κ2) is 9.87. The number of hydrogen-bond donors (Lipinski definition) is 2. The van der Waals surface area contributed by atoms with Crippen molar-refractivity contribution >= 4 is 18.0 Å². The highest BCUT2D eigenvalue weighted by Crippen LogP contribution is 2.27. The molecule has 1 aliphatic heterocycles. The summed E-state index contributed by atoms with van der Waals surface area (Å²) >= 11 is 0. The van der Waals surface area contributed by atoms with E-state index in [1.54, 1.807) is 11.8 Å². The fourth-order valence-electron chi connectivity index (χ4n) is 3.93. The Bertz CT molecular complexity index is 1200. The van der Waals surface area contributed by atoms with E-state index in [4.69, 9.17) is 4.74 Å². The Balaban J connectivity index is 1.68. The molecule has 6 nitrogen and oxygen atoms in total. The van der Waals surface area contributed by atoms with Crippen LogP contribution in [-0.4, -0.2) is 35.9 Å². The van der Waals surface area contributed by atoms with Crippen LogP contribution in [0.15, 0.2) is 72.8 Å². The summed E-state index contributed by atoms with van der Waals surface area (Å²) in [4.78, 5) is 25.8. The van der Waals surface area contributed by atoms with Gasteiger partial charge in [-0.1, -0.05) is 26.0 Å². The van der Waals surface area contributed by atoms with Crippen LogP contribution in [0.4, 0.5) is 4.39 Å². The predicted octanol–water partition coefficient (Wildman–Crippen LogP) is 3.97. The van der Waals surface area contributed by atoms with Gasteiger partial charge in [-0.2, -0.15) is 0 Å². The average molecular weight is 461 g/mol. The Morgan fingerprint density at radius 2 is 1.68 bits per heavy atom. The van der Waals surface area contributed by atoms with E-state index in [0.29, 0.717) is 11.7 Å². The van der Waals surface area contributed by atoms with E-state index in [-0.39, 0.29) is 11.5 Å². The summed E-state index contributed by atoms with van der Waals surface area (Å²) < 4.78 is 20.2. The molecule has 0 aliphatic carbocycles. The van der Waals surface area contributed by atoms with Gasteiger partial charge in [-0.05, 0) is 72.1 Å². The minimum absolute atomic E-state index is 0.273. The topological polar surface area (TPSA) is 70.4 Å². The number of rotatable bonds is 6. The molecule has 174 valence electrons. The van der Waals surface area contributed by atoms with Gasteiger partial charge < -0.3 is 10.1 Å². The maximum absolute atomic E-state index is 13.3. The first-order valence-corrected chi connectivity index (χ1v) is 11.1. The monoisotopic (exact) mass is 460 g/mol. The van der Waals surface area contributed by atoms with Crippen molar-refractivity contribution in [3.05, 3.63) is 101 Å². The van der Waals surface area contributed by atoms with E-state index < -0.39 is 23.8 Å². The van der Waals surface area contributed by atoms with Crippen molar-refractivity contribution < 1.29 is 23.4 Å². The second-order valence-electron chi connectivity index (χ2n) is 8.51. The van der Waals surface area contributed by atoms with Gasteiger partial charge in [0.15, 0.2) is 6.04 Å². The number of halogens is 1. The van der Waals surface area contributed by atoms with Crippen molar-refractivity contribution in [3.8, 4) is 5.75 Å². The molecule has 2 atom stereocenters. The van der Waals surface area contributed by atoms with Gasteiger partial charge in [-0.3, -0.25) is 9.59 Å². The zero-order chi connectivity index (χ0) is 24.2. The molecule has 0 bridgehead atoms. The van der Waals surface area contributed by atoms with E-state index in [0.717, 1.165) is 11.1 Å². The number of amides is 2. The molecule has 2 amide bonds. The molecular weight excluding hydrogens is 433 g/mol. The first kappa shape index (κ1) is 23.2. The Hall–Kier alpha value is -4.00. The van der Waals surface area contributed by atoms with Crippen molar-refractivity contribution in [2.45, 2.75) is 31.8 Å². The van der Waals surface area contributed by atoms with Gasteiger partial charge in [0.05, 0.1) is 7.11 Å². The largest absolute Gasteiger partial charge is 0.497 e. The van der Waals surface area contributed by atoms with Crippen LogP contribution in [0.2, 0.25) is 0 Å². The third kappa shape index (κ3) is 4.98. The maximum Gasteiger partial charge on any atom is 0.304 e. The number of methoxy groups -OCH3 is 1. The molecule has 1 saturated heterocycles. The zero-order valence-corrected chi connectivity index (χ0v) is 19.3. The fourth-order valence-corrected chi connectivity index (χ4v) is 3.93. The van der Waals surface area contributed by atoms with Crippen LogP contribution in [0, 0.1) is 5.82 Å². The Morgan fingerprint density at radius 3 is 2.26 bits per heavy atom. The van der Waals surface area contributed by atoms with E-state index in [1.165, 1.54) is 29.8 Å². The van der Waals surface area contributed by atoms with Gasteiger partial charge in [0.25, 0.3) is 5.91 Å². The van der Waals surface area contributed by atoms with Gasteiger partial charge in [-0.25, -0.2) is 4.39 Å². The predicted molar refractivity (Wildman–Crippen MR) is 127 cm³/mol. The minimum Gasteiger partial charge on any atom is -0.497 e. The highest BCUT2D eigenvalue weighted by atomic mass is 19.1. The number of ether oxygens (including phenoxy) is 1. The Kier molecular flexibility index (Phi) is 6.72. The Labute approximate surface area is 198 Å². The van der Waals surface area contributed by atoms with Crippen LogP contribution in [0.5, 0.6) is 5.75 Å². The first-order valence-electron chi connectivity index (χ1n) is 11.1. The molecule has 2 N–H and O–H groups in total. The molecule has 3 aromatic carbocycles. The van der Waals surface area contributed by atoms with Crippen LogP contribution in [0.25, 0.3) is 0 Å². The second-order valence-corrected chi connectivity index (χ2v) is 8.51. The van der Waals surface area contributed by atoms with E-state index in [1.807, 2.05) is 42.6 Å². The number of carbonyl (C=O) groups excluding carboxylic acids is 2. The van der Waals surface area contributed by atoms with Gasteiger partial charge >= 0.3 is 5.91 Å². The number of hydrogen-bond acceptors (Lipinski definition) is 3. The summed E-state index contributed by atoms with van der Waals surface area (Å²) in [5.41, 5.74) is 6.09. The molecule has 4 rings (SSSR count). The quantitative estimate of drug-likeness (QED) is 0.547. The molecule has 0 saturated carbocycles. The van der Waals surface area contributed by atoms with E-state index in [9.17, 15) is 14.0 Å². The van der Waals surface area contributed by atoms with Crippen LogP contribution in [0.3, 0.4) is 0 Å². The molecule has 1 heterocycles. The molecule has 0 unspecified atom stereocenters. The van der Waals surface area contributed by atoms with Gasteiger partial charge in [0.1, 0.15) is 11.6 Å². The van der Waals surface area contributed by atoms with Crippen molar-refractivity contribution in [2.24, 2.45) is 0 Å². The average Bonchev–Trinajstić information content (AvgIpc) is 3.14. The maximum atomic E-state index is 13.3. The molecule has 0 aromatic heterocycles. The molecule has 1 fully saturated rings. The minimum atomic E-state index is -0.864. The van der Waals surface area contributed by atoms with Gasteiger partial charge in [-0.15, -0.1) is 10.1 Å². The summed E-state index contributed by atoms with van der Waals surface area (Å²) in [6, 6.07) is 19.3. The molecular formula is C27H27FN3O3+. The summed E-state index contributed by atoms with van der Waals surface area (Å²) in [5, 5.41) is 2.82. The van der Waals surface area contributed by atoms with Crippen molar-refractivity contribution in [1.82, 2.24) is 10.7 Å². The smallest absolute Gasteiger partial charge is 0.304 e. The molecule has 7 heteroatoms. The zero-order valence-electron chi connectivity index (χ0n) is 19.3. The summed E-state index contributed by atoms with van der Waals surface area (Å²) in [5.74, 6) is -0.130. The molecule has 0 radical (unpaired) electrons. The molecule has 0 spiro atoms. The molecule has 34 heavy (non-hydrogen) atoms. The molecule has 1 aliphatic rings. The highest BCUT2D eigenvalue weighted by Gasteiger charge is 2.47. The number of hydrazone groups is 1. The van der Waals surface area contributed by atoms with Crippen molar-refractivity contribution in [1.29, 1.82) is 0 Å². The highest BCUT2D eigenvalue weighted by molar-refractivity contribution is 5.98. The number of hydrazine groups is 1. The molecule has 3 aromatic rings. The SMILES string of the molecule is COc1ccc([C@@H]2[C@@H](NC(=O)c3ccc(F)cc3)C(=O)N/[N+]2=C\c2ccc(C(C)C)cc2)cc1. The number of benzene rings is 3.